The summed E-state index contributed by atoms with van der Waals surface area (Å²) >= 11 is 0. The van der Waals surface area contributed by atoms with Crippen molar-refractivity contribution in [1.29, 1.82) is 0 Å². The fourth-order valence-corrected chi connectivity index (χ4v) is 1.91. The normalized spacial score (nSPS) is 20.1. The Morgan fingerprint density at radius 3 is 2.12 bits per heavy atom. The molecule has 0 spiro atoms. The van der Waals surface area contributed by atoms with Crippen LogP contribution in [0.15, 0.2) is 0 Å². The van der Waals surface area contributed by atoms with Gasteiger partial charge >= 0.3 is 5.97 Å². The van der Waals surface area contributed by atoms with Crippen molar-refractivity contribution in [2.75, 3.05) is 13.1 Å². The third-order valence-electron chi connectivity index (χ3n) is 3.35. The Labute approximate surface area is 102 Å². The Morgan fingerprint density at radius 2 is 1.76 bits per heavy atom. The van der Waals surface area contributed by atoms with Gasteiger partial charge in [-0.1, -0.05) is 20.8 Å². The van der Waals surface area contributed by atoms with Crippen molar-refractivity contribution in [3.05, 3.63) is 0 Å². The van der Waals surface area contributed by atoms with Crippen LogP contribution in [0.5, 0.6) is 0 Å². The molecule has 0 aromatic carbocycles. The standard InChI is InChI=1S/C12H22N2O3/c1-12(2,3)9(13)10(15)14-6-4-8(5-7-14)11(16)17/h8-9H,4-7,13H2,1-3H3,(H,16,17)/t9-/m0/s1. The molecule has 5 nitrogen and oxygen atoms in total. The maximum absolute atomic E-state index is 12.1. The van der Waals surface area contributed by atoms with Crippen molar-refractivity contribution in [2.24, 2.45) is 17.1 Å². The number of piperidine rings is 1. The lowest BCUT2D eigenvalue weighted by Gasteiger charge is -2.35. The van der Waals surface area contributed by atoms with Crippen molar-refractivity contribution in [3.63, 3.8) is 0 Å². The molecular formula is C12H22N2O3. The Morgan fingerprint density at radius 1 is 1.29 bits per heavy atom. The number of nitrogens with two attached hydrogens (primary N) is 1. The van der Waals surface area contributed by atoms with E-state index < -0.39 is 12.0 Å². The Hall–Kier alpha value is -1.10. The first-order valence-electron chi connectivity index (χ1n) is 6.00. The Bertz CT molecular complexity index is 301. The summed E-state index contributed by atoms with van der Waals surface area (Å²) in [5, 5.41) is 8.87. The third kappa shape index (κ3) is 3.43. The molecule has 1 fully saturated rings. The van der Waals surface area contributed by atoms with Gasteiger partial charge < -0.3 is 15.7 Å². The molecule has 98 valence electrons. The number of likely N-dealkylation sites (tertiary alicyclic amines) is 1. The highest BCUT2D eigenvalue weighted by Crippen LogP contribution is 2.22. The topological polar surface area (TPSA) is 83.6 Å². The number of carbonyl (C=O) groups excluding carboxylic acids is 1. The van der Waals surface area contributed by atoms with E-state index in [-0.39, 0.29) is 17.2 Å². The van der Waals surface area contributed by atoms with Gasteiger partial charge in [-0.25, -0.2) is 0 Å². The second-order valence-electron chi connectivity index (χ2n) is 5.78. The summed E-state index contributed by atoms with van der Waals surface area (Å²) in [6.45, 7) is 6.79. The summed E-state index contributed by atoms with van der Waals surface area (Å²) < 4.78 is 0. The molecule has 1 rings (SSSR count). The van der Waals surface area contributed by atoms with E-state index in [2.05, 4.69) is 0 Å². The van der Waals surface area contributed by atoms with Crippen molar-refractivity contribution in [1.82, 2.24) is 4.90 Å². The maximum atomic E-state index is 12.1. The van der Waals surface area contributed by atoms with Gasteiger partial charge in [-0.3, -0.25) is 9.59 Å². The van der Waals surface area contributed by atoms with Crippen LogP contribution >= 0.6 is 0 Å². The molecule has 0 bridgehead atoms. The second-order valence-corrected chi connectivity index (χ2v) is 5.78. The van der Waals surface area contributed by atoms with Crippen LogP contribution in [0.25, 0.3) is 0 Å². The van der Waals surface area contributed by atoms with Gasteiger partial charge in [-0.15, -0.1) is 0 Å². The first-order valence-corrected chi connectivity index (χ1v) is 6.00. The van der Waals surface area contributed by atoms with Crippen LogP contribution in [0.2, 0.25) is 0 Å². The zero-order chi connectivity index (χ0) is 13.2. The second kappa shape index (κ2) is 5.04. The molecule has 1 aliphatic rings. The zero-order valence-corrected chi connectivity index (χ0v) is 10.8. The van der Waals surface area contributed by atoms with E-state index in [0.29, 0.717) is 25.9 Å². The first kappa shape index (κ1) is 14.0. The minimum absolute atomic E-state index is 0.0682. The van der Waals surface area contributed by atoms with Crippen molar-refractivity contribution >= 4 is 11.9 Å². The summed E-state index contributed by atoms with van der Waals surface area (Å²) in [5.41, 5.74) is 5.65. The van der Waals surface area contributed by atoms with Gasteiger partial charge in [0.1, 0.15) is 0 Å². The molecule has 0 radical (unpaired) electrons. The molecule has 1 atom stereocenters. The predicted octanol–water partition coefficient (Wildman–Crippen LogP) is 0.683. The van der Waals surface area contributed by atoms with Gasteiger partial charge in [0.25, 0.3) is 0 Å². The van der Waals surface area contributed by atoms with E-state index >= 15 is 0 Å². The van der Waals surface area contributed by atoms with Crippen LogP contribution in [0.1, 0.15) is 33.6 Å². The number of rotatable bonds is 2. The van der Waals surface area contributed by atoms with Crippen molar-refractivity contribution < 1.29 is 14.7 Å². The molecular weight excluding hydrogens is 220 g/mol. The molecule has 1 heterocycles. The molecule has 0 saturated carbocycles. The minimum Gasteiger partial charge on any atom is -0.481 e. The molecule has 1 saturated heterocycles. The van der Waals surface area contributed by atoms with Crippen LogP contribution in [0.3, 0.4) is 0 Å². The summed E-state index contributed by atoms with van der Waals surface area (Å²) in [6.07, 6.45) is 1.05. The lowest BCUT2D eigenvalue weighted by atomic mass is 9.86. The molecule has 17 heavy (non-hydrogen) atoms. The van der Waals surface area contributed by atoms with E-state index in [0.717, 1.165) is 0 Å². The average Bonchev–Trinajstić information content (AvgIpc) is 2.26. The average molecular weight is 242 g/mol. The number of carboxylic acid groups (broad SMARTS) is 1. The number of amides is 1. The van der Waals surface area contributed by atoms with Gasteiger partial charge in [-0.05, 0) is 18.3 Å². The van der Waals surface area contributed by atoms with Gasteiger partial charge in [-0.2, -0.15) is 0 Å². The van der Waals surface area contributed by atoms with E-state index in [1.165, 1.54) is 0 Å². The number of carboxylic acids is 1. The summed E-state index contributed by atoms with van der Waals surface area (Å²) in [6, 6.07) is -0.524. The number of aliphatic carboxylic acids is 1. The van der Waals surface area contributed by atoms with Gasteiger partial charge in [0.05, 0.1) is 12.0 Å². The lowest BCUT2D eigenvalue weighted by Crippen LogP contribution is -2.52. The largest absolute Gasteiger partial charge is 0.481 e. The Kier molecular flexibility index (Phi) is 4.14. The van der Waals surface area contributed by atoms with Gasteiger partial charge in [0, 0.05) is 13.1 Å². The van der Waals surface area contributed by atoms with E-state index in [1.807, 2.05) is 20.8 Å². The van der Waals surface area contributed by atoms with Crippen LogP contribution in [0, 0.1) is 11.3 Å². The van der Waals surface area contributed by atoms with E-state index in [4.69, 9.17) is 10.8 Å². The fourth-order valence-electron chi connectivity index (χ4n) is 1.91. The van der Waals surface area contributed by atoms with Crippen LogP contribution in [-0.4, -0.2) is 41.0 Å². The highest BCUT2D eigenvalue weighted by molar-refractivity contribution is 5.82. The van der Waals surface area contributed by atoms with Crippen LogP contribution in [-0.2, 0) is 9.59 Å². The summed E-state index contributed by atoms with van der Waals surface area (Å²) in [7, 11) is 0. The van der Waals surface area contributed by atoms with Gasteiger partial charge in [0.15, 0.2) is 0 Å². The quantitative estimate of drug-likeness (QED) is 0.746. The van der Waals surface area contributed by atoms with Crippen molar-refractivity contribution in [3.8, 4) is 0 Å². The van der Waals surface area contributed by atoms with E-state index in [9.17, 15) is 9.59 Å². The summed E-state index contributed by atoms with van der Waals surface area (Å²) in [5.74, 6) is -1.15. The first-order chi connectivity index (χ1) is 7.73. The molecule has 5 heteroatoms. The number of hydrogen-bond donors (Lipinski definition) is 2. The van der Waals surface area contributed by atoms with Crippen LogP contribution < -0.4 is 5.73 Å². The third-order valence-corrected chi connectivity index (χ3v) is 3.35. The molecule has 1 aliphatic heterocycles. The number of carbonyl (C=O) groups is 2. The van der Waals surface area contributed by atoms with E-state index in [1.54, 1.807) is 4.90 Å². The number of nitrogens with zero attached hydrogens (tertiary/aromatic N) is 1. The molecule has 0 unspecified atom stereocenters. The minimum atomic E-state index is -0.766. The molecule has 0 aliphatic carbocycles. The fraction of sp³-hybridized carbons (Fsp3) is 0.833. The molecule has 3 N–H and O–H groups in total. The van der Waals surface area contributed by atoms with Crippen molar-refractivity contribution in [2.45, 2.75) is 39.7 Å². The zero-order valence-electron chi connectivity index (χ0n) is 10.8. The maximum Gasteiger partial charge on any atom is 0.306 e. The smallest absolute Gasteiger partial charge is 0.306 e. The SMILES string of the molecule is CC(C)(C)[C@@H](N)C(=O)N1CCC(C(=O)O)CC1. The predicted molar refractivity (Wildman–Crippen MR) is 64.4 cm³/mol. The van der Waals surface area contributed by atoms with Crippen LogP contribution in [0.4, 0.5) is 0 Å². The highest BCUT2D eigenvalue weighted by atomic mass is 16.4. The number of hydrogen-bond acceptors (Lipinski definition) is 3. The summed E-state index contributed by atoms with van der Waals surface area (Å²) in [4.78, 5) is 24.6. The molecule has 0 aromatic rings. The monoisotopic (exact) mass is 242 g/mol. The lowest BCUT2D eigenvalue weighted by molar-refractivity contribution is -0.146. The highest BCUT2D eigenvalue weighted by Gasteiger charge is 2.34. The molecule has 1 amide bonds. The van der Waals surface area contributed by atoms with Gasteiger partial charge in [0.2, 0.25) is 5.91 Å². The Balaban J connectivity index is 2.55. The molecule has 0 aromatic heterocycles.